The summed E-state index contributed by atoms with van der Waals surface area (Å²) >= 11 is 6.12. The number of anilines is 1. The molecule has 0 fully saturated rings. The van der Waals surface area contributed by atoms with Crippen LogP contribution < -0.4 is 10.0 Å². The summed E-state index contributed by atoms with van der Waals surface area (Å²) in [6.45, 7) is 3.44. The predicted molar refractivity (Wildman–Crippen MR) is 153 cm³/mol. The van der Waals surface area contributed by atoms with Crippen LogP contribution >= 0.6 is 11.6 Å². The summed E-state index contributed by atoms with van der Waals surface area (Å²) in [6, 6.07) is 24.7. The van der Waals surface area contributed by atoms with Gasteiger partial charge in [-0.05, 0) is 78.1 Å². The zero-order valence-electron chi connectivity index (χ0n) is 21.3. The van der Waals surface area contributed by atoms with E-state index in [2.05, 4.69) is 10.0 Å². The third-order valence-corrected chi connectivity index (χ3v) is 8.16. The minimum atomic E-state index is -3.85. The van der Waals surface area contributed by atoms with Crippen LogP contribution in [-0.4, -0.2) is 31.4 Å². The molecule has 0 saturated carbocycles. The van der Waals surface area contributed by atoms with Gasteiger partial charge < -0.3 is 10.4 Å². The average Bonchev–Trinajstić information content (AvgIpc) is 2.90. The van der Waals surface area contributed by atoms with Crippen LogP contribution in [0.5, 0.6) is 0 Å². The highest BCUT2D eigenvalue weighted by Gasteiger charge is 2.22. The summed E-state index contributed by atoms with van der Waals surface area (Å²) < 4.78 is 28.8. The number of aryl methyl sites for hydroxylation is 2. The van der Waals surface area contributed by atoms with Gasteiger partial charge in [-0.3, -0.25) is 9.52 Å². The lowest BCUT2D eigenvalue weighted by Crippen LogP contribution is -2.42. The summed E-state index contributed by atoms with van der Waals surface area (Å²) in [5.74, 6) is -1.62. The van der Waals surface area contributed by atoms with Gasteiger partial charge in [0.25, 0.3) is 15.9 Å². The van der Waals surface area contributed by atoms with Gasteiger partial charge in [0.15, 0.2) is 0 Å². The SMILES string of the molecule is Cc1cc(S(=O)(=O)Nc2cccc(-c3ccc(C(=O)NC(Cc4ccccc4)C(=O)O)cc3)c2)c(C)cc1Cl. The number of sulfonamides is 1. The van der Waals surface area contributed by atoms with Crippen LogP contribution in [0.15, 0.2) is 95.9 Å². The molecule has 0 saturated heterocycles. The van der Waals surface area contributed by atoms with Crippen molar-refractivity contribution in [1.82, 2.24) is 5.32 Å². The van der Waals surface area contributed by atoms with E-state index in [-0.39, 0.29) is 11.3 Å². The highest BCUT2D eigenvalue weighted by Crippen LogP contribution is 2.28. The minimum absolute atomic E-state index is 0.150. The zero-order valence-corrected chi connectivity index (χ0v) is 22.9. The molecule has 0 aliphatic heterocycles. The van der Waals surface area contributed by atoms with E-state index in [1.807, 2.05) is 36.4 Å². The largest absolute Gasteiger partial charge is 0.480 e. The van der Waals surface area contributed by atoms with E-state index in [0.717, 1.165) is 16.7 Å². The lowest BCUT2D eigenvalue weighted by atomic mass is 10.0. The number of hydrogen-bond acceptors (Lipinski definition) is 4. The second-order valence-electron chi connectivity index (χ2n) is 9.18. The van der Waals surface area contributed by atoms with Gasteiger partial charge in [-0.15, -0.1) is 0 Å². The Hall–Kier alpha value is -4.14. The first-order chi connectivity index (χ1) is 18.5. The Balaban J connectivity index is 1.49. The summed E-state index contributed by atoms with van der Waals surface area (Å²) in [7, 11) is -3.85. The molecule has 0 radical (unpaired) electrons. The highest BCUT2D eigenvalue weighted by molar-refractivity contribution is 7.92. The van der Waals surface area contributed by atoms with E-state index in [4.69, 9.17) is 11.6 Å². The number of halogens is 1. The van der Waals surface area contributed by atoms with Crippen LogP contribution in [-0.2, 0) is 21.2 Å². The molecule has 200 valence electrons. The quantitative estimate of drug-likeness (QED) is 0.237. The Labute approximate surface area is 232 Å². The Kier molecular flexibility index (Phi) is 8.38. The van der Waals surface area contributed by atoms with E-state index in [1.165, 1.54) is 0 Å². The molecule has 4 rings (SSSR count). The second-order valence-corrected chi connectivity index (χ2v) is 11.2. The maximum atomic E-state index is 13.1. The van der Waals surface area contributed by atoms with Gasteiger partial charge in [-0.1, -0.05) is 66.2 Å². The summed E-state index contributed by atoms with van der Waals surface area (Å²) in [4.78, 5) is 24.6. The van der Waals surface area contributed by atoms with E-state index >= 15 is 0 Å². The molecule has 3 N–H and O–H groups in total. The first kappa shape index (κ1) is 27.9. The molecule has 1 amide bonds. The molecule has 1 unspecified atom stereocenters. The molecular weight excluding hydrogens is 536 g/mol. The van der Waals surface area contributed by atoms with Crippen molar-refractivity contribution >= 4 is 39.2 Å². The number of amides is 1. The topological polar surface area (TPSA) is 113 Å². The highest BCUT2D eigenvalue weighted by atomic mass is 35.5. The normalized spacial score (nSPS) is 12.0. The van der Waals surface area contributed by atoms with E-state index < -0.39 is 27.9 Å². The molecule has 0 spiro atoms. The van der Waals surface area contributed by atoms with Crippen LogP contribution in [0.3, 0.4) is 0 Å². The van der Waals surface area contributed by atoms with Crippen LogP contribution in [0.1, 0.15) is 27.0 Å². The smallest absolute Gasteiger partial charge is 0.326 e. The predicted octanol–water partition coefficient (Wildman–Crippen LogP) is 5.85. The first-order valence-corrected chi connectivity index (χ1v) is 14.0. The van der Waals surface area contributed by atoms with Gasteiger partial charge in [0, 0.05) is 22.7 Å². The minimum Gasteiger partial charge on any atom is -0.480 e. The number of nitrogens with one attached hydrogen (secondary N) is 2. The van der Waals surface area contributed by atoms with Gasteiger partial charge in [-0.25, -0.2) is 13.2 Å². The summed E-state index contributed by atoms with van der Waals surface area (Å²) in [5.41, 5.74) is 4.18. The van der Waals surface area contributed by atoms with Gasteiger partial charge in [0.05, 0.1) is 4.90 Å². The first-order valence-electron chi connectivity index (χ1n) is 12.1. The summed E-state index contributed by atoms with van der Waals surface area (Å²) in [5, 5.41) is 12.7. The number of benzene rings is 4. The number of hydrogen-bond donors (Lipinski definition) is 3. The molecule has 39 heavy (non-hydrogen) atoms. The average molecular weight is 563 g/mol. The molecule has 9 heteroatoms. The third-order valence-electron chi connectivity index (χ3n) is 6.23. The standard InChI is InChI=1S/C30H27ClN2O5S/c1-19-16-28(20(2)15-26(19)31)39(37,38)33-25-10-6-9-24(18-25)22-11-13-23(14-12-22)29(34)32-27(30(35)36)17-21-7-4-3-5-8-21/h3-16,18,27,33H,17H2,1-2H3,(H,32,34)(H,35,36). The maximum absolute atomic E-state index is 13.1. The molecule has 0 aromatic heterocycles. The maximum Gasteiger partial charge on any atom is 0.326 e. The van der Waals surface area contributed by atoms with Gasteiger partial charge in [-0.2, -0.15) is 0 Å². The fourth-order valence-electron chi connectivity index (χ4n) is 4.12. The van der Waals surface area contributed by atoms with Crippen molar-refractivity contribution < 1.29 is 23.1 Å². The fourth-order valence-corrected chi connectivity index (χ4v) is 5.70. The van der Waals surface area contributed by atoms with Crippen molar-refractivity contribution in [1.29, 1.82) is 0 Å². The van der Waals surface area contributed by atoms with Crippen molar-refractivity contribution in [3.63, 3.8) is 0 Å². The van der Waals surface area contributed by atoms with Crippen molar-refractivity contribution in [2.45, 2.75) is 31.2 Å². The number of carboxylic acid groups (broad SMARTS) is 1. The van der Waals surface area contributed by atoms with Gasteiger partial charge in [0.1, 0.15) is 6.04 Å². The Morgan fingerprint density at radius 2 is 1.54 bits per heavy atom. The van der Waals surface area contributed by atoms with Crippen molar-refractivity contribution in [3.05, 3.63) is 118 Å². The van der Waals surface area contributed by atoms with Crippen LogP contribution in [0.4, 0.5) is 5.69 Å². The molecule has 0 bridgehead atoms. The summed E-state index contributed by atoms with van der Waals surface area (Å²) in [6.07, 6.45) is 0.164. The number of carbonyl (C=O) groups excluding carboxylic acids is 1. The molecule has 0 heterocycles. The molecule has 4 aromatic carbocycles. The molecule has 0 aliphatic rings. The van der Waals surface area contributed by atoms with E-state index in [1.54, 1.807) is 68.4 Å². The zero-order chi connectivity index (χ0) is 28.2. The van der Waals surface area contributed by atoms with Crippen LogP contribution in [0.2, 0.25) is 5.02 Å². The lowest BCUT2D eigenvalue weighted by Gasteiger charge is -2.15. The number of carbonyl (C=O) groups is 2. The Morgan fingerprint density at radius 3 is 2.21 bits per heavy atom. The van der Waals surface area contributed by atoms with Gasteiger partial charge >= 0.3 is 5.97 Å². The van der Waals surface area contributed by atoms with Crippen LogP contribution in [0, 0.1) is 13.8 Å². The molecule has 7 nitrogen and oxygen atoms in total. The third kappa shape index (κ3) is 6.85. The number of rotatable bonds is 9. The number of aliphatic carboxylic acids is 1. The van der Waals surface area contributed by atoms with E-state index in [0.29, 0.717) is 27.4 Å². The monoisotopic (exact) mass is 562 g/mol. The van der Waals surface area contributed by atoms with Gasteiger partial charge in [0.2, 0.25) is 0 Å². The fraction of sp³-hybridized carbons (Fsp3) is 0.133. The van der Waals surface area contributed by atoms with E-state index in [9.17, 15) is 23.1 Å². The Bertz CT molecular complexity index is 1620. The second kappa shape index (κ2) is 11.7. The lowest BCUT2D eigenvalue weighted by molar-refractivity contribution is -0.139. The Morgan fingerprint density at radius 1 is 0.846 bits per heavy atom. The molecule has 4 aromatic rings. The number of carboxylic acids is 1. The molecule has 1 atom stereocenters. The molecular formula is C30H27ClN2O5S. The van der Waals surface area contributed by atoms with Crippen LogP contribution in [0.25, 0.3) is 11.1 Å². The van der Waals surface area contributed by atoms with Crippen molar-refractivity contribution in [3.8, 4) is 11.1 Å². The van der Waals surface area contributed by atoms with Crippen molar-refractivity contribution in [2.75, 3.05) is 4.72 Å². The molecule has 0 aliphatic carbocycles. The van der Waals surface area contributed by atoms with Crippen molar-refractivity contribution in [2.24, 2.45) is 0 Å².